The third-order valence-electron chi connectivity index (χ3n) is 3.43. The van der Waals surface area contributed by atoms with E-state index in [1.807, 2.05) is 29.0 Å². The van der Waals surface area contributed by atoms with Crippen molar-refractivity contribution in [3.05, 3.63) is 44.8 Å². The van der Waals surface area contributed by atoms with Crippen LogP contribution >= 0.6 is 22.7 Å². The molecule has 0 fully saturated rings. The smallest absolute Gasteiger partial charge is 0.307 e. The first-order valence-corrected chi connectivity index (χ1v) is 9.57. The summed E-state index contributed by atoms with van der Waals surface area (Å²) in [5, 5.41) is 9.38. The lowest BCUT2D eigenvalue weighted by molar-refractivity contribution is -0.141. The molecule has 0 aliphatic heterocycles. The van der Waals surface area contributed by atoms with Gasteiger partial charge in [0.25, 0.3) is 5.91 Å². The van der Waals surface area contributed by atoms with Crippen molar-refractivity contribution in [1.82, 2.24) is 10.6 Å². The van der Waals surface area contributed by atoms with Crippen molar-refractivity contribution in [2.24, 2.45) is 0 Å². The van der Waals surface area contributed by atoms with Gasteiger partial charge in [0.1, 0.15) is 0 Å². The second-order valence-corrected chi connectivity index (χ2v) is 7.18. The van der Waals surface area contributed by atoms with Gasteiger partial charge < -0.3 is 15.4 Å². The van der Waals surface area contributed by atoms with Crippen molar-refractivity contribution in [2.45, 2.75) is 25.3 Å². The van der Waals surface area contributed by atoms with Crippen molar-refractivity contribution in [3.8, 4) is 0 Å². The van der Waals surface area contributed by atoms with Gasteiger partial charge in [0.2, 0.25) is 5.91 Å². The van der Waals surface area contributed by atoms with Crippen molar-refractivity contribution in [3.63, 3.8) is 0 Å². The van der Waals surface area contributed by atoms with Crippen molar-refractivity contribution in [2.75, 3.05) is 13.7 Å². The van der Waals surface area contributed by atoms with Crippen LogP contribution in [0.4, 0.5) is 0 Å². The van der Waals surface area contributed by atoms with E-state index in [9.17, 15) is 14.4 Å². The molecule has 134 valence electrons. The van der Waals surface area contributed by atoms with E-state index in [4.69, 9.17) is 0 Å². The molecule has 2 amide bonds. The van der Waals surface area contributed by atoms with E-state index in [2.05, 4.69) is 15.4 Å². The van der Waals surface area contributed by atoms with Crippen molar-refractivity contribution >= 4 is 40.5 Å². The molecule has 0 saturated carbocycles. The second-order valence-electron chi connectivity index (χ2n) is 5.25. The summed E-state index contributed by atoms with van der Waals surface area (Å²) in [6.07, 6.45) is 0.893. The minimum atomic E-state index is -0.388. The maximum absolute atomic E-state index is 12.1. The largest absolute Gasteiger partial charge is 0.469 e. The fourth-order valence-corrected chi connectivity index (χ4v) is 3.59. The van der Waals surface area contributed by atoms with Gasteiger partial charge >= 0.3 is 5.97 Å². The fourth-order valence-electron chi connectivity index (χ4n) is 2.17. The molecule has 0 aliphatic carbocycles. The van der Waals surface area contributed by atoms with Crippen LogP contribution < -0.4 is 10.6 Å². The van der Waals surface area contributed by atoms with Gasteiger partial charge in [0, 0.05) is 17.8 Å². The summed E-state index contributed by atoms with van der Waals surface area (Å²) in [7, 11) is 1.33. The van der Waals surface area contributed by atoms with E-state index in [0.29, 0.717) is 17.8 Å². The van der Waals surface area contributed by atoms with Crippen LogP contribution in [-0.4, -0.2) is 31.4 Å². The predicted octanol–water partition coefficient (Wildman–Crippen LogP) is 2.74. The molecule has 2 aromatic rings. The van der Waals surface area contributed by atoms with E-state index in [0.717, 1.165) is 4.88 Å². The molecule has 0 bridgehead atoms. The van der Waals surface area contributed by atoms with Crippen LogP contribution in [0.2, 0.25) is 0 Å². The molecule has 0 spiro atoms. The average Bonchev–Trinajstić information content (AvgIpc) is 3.31. The number of hydrogen-bond donors (Lipinski definition) is 2. The number of amides is 2. The van der Waals surface area contributed by atoms with E-state index in [-0.39, 0.29) is 36.7 Å². The number of rotatable bonds is 9. The molecule has 0 aliphatic rings. The zero-order valence-electron chi connectivity index (χ0n) is 13.8. The van der Waals surface area contributed by atoms with Gasteiger partial charge in [0.05, 0.1) is 24.4 Å². The quantitative estimate of drug-likeness (QED) is 0.517. The Morgan fingerprint density at radius 2 is 1.92 bits per heavy atom. The average molecular weight is 380 g/mol. The Labute approximate surface area is 154 Å². The monoisotopic (exact) mass is 380 g/mol. The minimum Gasteiger partial charge on any atom is -0.469 e. The lowest BCUT2D eigenvalue weighted by atomic mass is 10.1. The van der Waals surface area contributed by atoms with Crippen molar-refractivity contribution < 1.29 is 19.1 Å². The number of ether oxygens (including phenoxy) is 1. The van der Waals surface area contributed by atoms with Gasteiger partial charge in [0.15, 0.2) is 0 Å². The van der Waals surface area contributed by atoms with Gasteiger partial charge in [-0.1, -0.05) is 12.1 Å². The van der Waals surface area contributed by atoms with Crippen molar-refractivity contribution in [1.29, 1.82) is 0 Å². The third-order valence-corrected chi connectivity index (χ3v) is 5.29. The van der Waals surface area contributed by atoms with E-state index in [1.165, 1.54) is 29.8 Å². The lowest BCUT2D eigenvalue weighted by Gasteiger charge is -2.16. The Balaban J connectivity index is 1.75. The Morgan fingerprint density at radius 3 is 2.56 bits per heavy atom. The number of methoxy groups -OCH3 is 1. The van der Waals surface area contributed by atoms with Crippen LogP contribution in [0.3, 0.4) is 0 Å². The first-order chi connectivity index (χ1) is 12.1. The molecule has 2 heterocycles. The second kappa shape index (κ2) is 9.95. The highest BCUT2D eigenvalue weighted by molar-refractivity contribution is 7.12. The lowest BCUT2D eigenvalue weighted by Crippen LogP contribution is -2.31. The SMILES string of the molecule is COC(=O)CC(NC(=O)CCCNC(=O)c1cccs1)c1cccs1. The highest BCUT2D eigenvalue weighted by Gasteiger charge is 2.19. The molecule has 1 unspecified atom stereocenters. The number of hydrogen-bond acceptors (Lipinski definition) is 6. The predicted molar refractivity (Wildman–Crippen MR) is 97.7 cm³/mol. The Bertz CT molecular complexity index is 684. The minimum absolute atomic E-state index is 0.0951. The Kier molecular flexibility index (Phi) is 7.62. The summed E-state index contributed by atoms with van der Waals surface area (Å²) < 4.78 is 4.69. The molecule has 0 saturated heterocycles. The zero-order valence-corrected chi connectivity index (χ0v) is 15.5. The molecule has 2 aromatic heterocycles. The molecule has 2 N–H and O–H groups in total. The van der Waals surface area contributed by atoms with Gasteiger partial charge in [-0.2, -0.15) is 0 Å². The molecular formula is C17H20N2O4S2. The number of thiophene rings is 2. The Morgan fingerprint density at radius 1 is 1.16 bits per heavy atom. The molecule has 25 heavy (non-hydrogen) atoms. The number of esters is 1. The van der Waals surface area contributed by atoms with Crippen LogP contribution in [0.15, 0.2) is 35.0 Å². The van der Waals surface area contributed by atoms with Crippen LogP contribution in [0.5, 0.6) is 0 Å². The summed E-state index contributed by atoms with van der Waals surface area (Å²) in [6.45, 7) is 0.421. The summed E-state index contributed by atoms with van der Waals surface area (Å²) in [4.78, 5) is 37.0. The maximum Gasteiger partial charge on any atom is 0.307 e. The molecule has 1 atom stereocenters. The van der Waals surface area contributed by atoms with E-state index >= 15 is 0 Å². The molecule has 0 radical (unpaired) electrons. The number of carbonyl (C=O) groups excluding carboxylic acids is 3. The highest BCUT2D eigenvalue weighted by Crippen LogP contribution is 2.22. The molecule has 0 aromatic carbocycles. The standard InChI is InChI=1S/C17H20N2O4S2/c1-23-16(21)11-12(13-5-3-9-24-13)19-15(20)7-2-8-18-17(22)14-6-4-10-25-14/h3-6,9-10,12H,2,7-8,11H2,1H3,(H,18,22)(H,19,20). The van der Waals surface area contributed by atoms with Crippen LogP contribution in [0.25, 0.3) is 0 Å². The summed E-state index contributed by atoms with van der Waals surface area (Å²) in [5.74, 6) is -0.660. The van der Waals surface area contributed by atoms with E-state index < -0.39 is 0 Å². The maximum atomic E-state index is 12.1. The summed E-state index contributed by atoms with van der Waals surface area (Å²) in [6, 6.07) is 6.93. The molecular weight excluding hydrogens is 360 g/mol. The normalized spacial score (nSPS) is 11.6. The first-order valence-electron chi connectivity index (χ1n) is 7.81. The van der Waals surface area contributed by atoms with Crippen LogP contribution in [0.1, 0.15) is 39.9 Å². The van der Waals surface area contributed by atoms with Crippen LogP contribution in [0, 0.1) is 0 Å². The van der Waals surface area contributed by atoms with Gasteiger partial charge in [-0.3, -0.25) is 14.4 Å². The highest BCUT2D eigenvalue weighted by atomic mass is 32.1. The molecule has 8 heteroatoms. The first kappa shape index (κ1) is 19.1. The Hall–Kier alpha value is -2.19. The van der Waals surface area contributed by atoms with E-state index in [1.54, 1.807) is 6.07 Å². The molecule has 2 rings (SSSR count). The zero-order chi connectivity index (χ0) is 18.1. The van der Waals surface area contributed by atoms with Gasteiger partial charge in [-0.05, 0) is 29.3 Å². The summed E-state index contributed by atoms with van der Waals surface area (Å²) in [5.41, 5.74) is 0. The molecule has 6 nitrogen and oxygen atoms in total. The summed E-state index contributed by atoms with van der Waals surface area (Å²) >= 11 is 2.85. The topological polar surface area (TPSA) is 84.5 Å². The third kappa shape index (κ3) is 6.32. The number of carbonyl (C=O) groups is 3. The van der Waals surface area contributed by atoms with Crippen LogP contribution in [-0.2, 0) is 14.3 Å². The van der Waals surface area contributed by atoms with Gasteiger partial charge in [-0.25, -0.2) is 0 Å². The number of nitrogens with one attached hydrogen (secondary N) is 2. The van der Waals surface area contributed by atoms with Gasteiger partial charge in [-0.15, -0.1) is 22.7 Å². The fraction of sp³-hybridized carbons (Fsp3) is 0.353.